The molecular weight excluding hydrogens is 444 g/mol. The molecule has 0 unspecified atom stereocenters. The Morgan fingerprint density at radius 3 is 2.27 bits per heavy atom. The quantitative estimate of drug-likeness (QED) is 0.604. The van der Waals surface area contributed by atoms with Crippen molar-refractivity contribution in [1.82, 2.24) is 19.4 Å². The molecule has 9 nitrogen and oxygen atoms in total. The Labute approximate surface area is 195 Å². The van der Waals surface area contributed by atoms with Gasteiger partial charge >= 0.3 is 6.03 Å². The highest BCUT2D eigenvalue weighted by molar-refractivity contribution is 7.89. The van der Waals surface area contributed by atoms with Gasteiger partial charge in [0.05, 0.1) is 4.90 Å². The number of imide groups is 1. The van der Waals surface area contributed by atoms with Gasteiger partial charge in [0.25, 0.3) is 5.91 Å². The first kappa shape index (κ1) is 23.7. The van der Waals surface area contributed by atoms with Crippen LogP contribution >= 0.6 is 0 Å². The van der Waals surface area contributed by atoms with E-state index in [1.54, 1.807) is 19.1 Å². The Morgan fingerprint density at radius 2 is 1.73 bits per heavy atom. The summed E-state index contributed by atoms with van der Waals surface area (Å²) in [5.74, 6) is -0.219. The maximum Gasteiger partial charge on any atom is 0.325 e. The number of hydrogen-bond acceptors (Lipinski definition) is 5. The van der Waals surface area contributed by atoms with E-state index in [0.717, 1.165) is 29.7 Å². The van der Waals surface area contributed by atoms with E-state index in [9.17, 15) is 22.8 Å². The molecule has 2 saturated heterocycles. The summed E-state index contributed by atoms with van der Waals surface area (Å²) in [6.07, 6.45) is 2.76. The van der Waals surface area contributed by atoms with Crippen LogP contribution in [0.5, 0.6) is 0 Å². The van der Waals surface area contributed by atoms with Gasteiger partial charge in [-0.05, 0) is 55.7 Å². The molecule has 4 rings (SSSR count). The van der Waals surface area contributed by atoms with Crippen LogP contribution in [-0.4, -0.2) is 78.6 Å². The van der Waals surface area contributed by atoms with Gasteiger partial charge in [0.15, 0.2) is 0 Å². The van der Waals surface area contributed by atoms with E-state index >= 15 is 0 Å². The maximum absolute atomic E-state index is 13.0. The number of amides is 4. The Kier molecular flexibility index (Phi) is 6.26. The molecule has 1 aliphatic carbocycles. The van der Waals surface area contributed by atoms with Crippen LogP contribution in [0, 0.1) is 5.92 Å². The number of urea groups is 1. The highest BCUT2D eigenvalue weighted by atomic mass is 32.2. The summed E-state index contributed by atoms with van der Waals surface area (Å²) in [5.41, 5.74) is 0.180. The summed E-state index contributed by atoms with van der Waals surface area (Å²) in [4.78, 5) is 40.6. The summed E-state index contributed by atoms with van der Waals surface area (Å²) in [6, 6.07) is 6.46. The van der Waals surface area contributed by atoms with Crippen molar-refractivity contribution in [3.63, 3.8) is 0 Å². The van der Waals surface area contributed by atoms with Crippen molar-refractivity contribution in [3.05, 3.63) is 29.8 Å². The second-order valence-corrected chi connectivity index (χ2v) is 11.4. The molecule has 1 saturated carbocycles. The topological polar surface area (TPSA) is 107 Å². The third-order valence-corrected chi connectivity index (χ3v) is 9.19. The predicted molar refractivity (Wildman–Crippen MR) is 122 cm³/mol. The lowest BCUT2D eigenvalue weighted by Crippen LogP contribution is -2.53. The molecule has 3 aliphatic rings. The minimum Gasteiger partial charge on any atom is -0.338 e. The fourth-order valence-electron chi connectivity index (χ4n) is 4.56. The number of sulfonamides is 1. The lowest BCUT2D eigenvalue weighted by Gasteiger charge is -2.34. The van der Waals surface area contributed by atoms with Gasteiger partial charge in [0.1, 0.15) is 12.1 Å². The number of carbonyl (C=O) groups excluding carboxylic acids is 3. The molecule has 10 heteroatoms. The lowest BCUT2D eigenvalue weighted by molar-refractivity contribution is -0.139. The molecule has 4 amide bonds. The SMILES string of the molecule is CC[C@H](C)c1ccc(S(=O)(=O)N2CCN(C(=O)CN3C(=O)N[C@](C)(C4CC4)C3=O)CC2)cc1. The molecule has 2 atom stereocenters. The third-order valence-electron chi connectivity index (χ3n) is 7.28. The van der Waals surface area contributed by atoms with Gasteiger partial charge < -0.3 is 10.2 Å². The van der Waals surface area contributed by atoms with Gasteiger partial charge in [-0.2, -0.15) is 4.31 Å². The normalized spacial score (nSPS) is 25.3. The molecular formula is C23H32N4O5S. The van der Waals surface area contributed by atoms with Gasteiger partial charge in [0.2, 0.25) is 15.9 Å². The van der Waals surface area contributed by atoms with E-state index in [4.69, 9.17) is 0 Å². The monoisotopic (exact) mass is 476 g/mol. The summed E-state index contributed by atoms with van der Waals surface area (Å²) >= 11 is 0. The molecule has 0 aromatic heterocycles. The number of rotatable bonds is 7. The molecule has 180 valence electrons. The Morgan fingerprint density at radius 1 is 1.12 bits per heavy atom. The second kappa shape index (κ2) is 8.72. The average Bonchev–Trinajstić information content (AvgIpc) is 3.64. The molecule has 1 N–H and O–H groups in total. The maximum atomic E-state index is 13.0. The van der Waals surface area contributed by atoms with Crippen LogP contribution in [0.2, 0.25) is 0 Å². The van der Waals surface area contributed by atoms with Gasteiger partial charge in [-0.25, -0.2) is 13.2 Å². The molecule has 0 bridgehead atoms. The number of nitrogens with zero attached hydrogens (tertiary/aromatic N) is 3. The number of nitrogens with one attached hydrogen (secondary N) is 1. The zero-order chi connectivity index (χ0) is 24.0. The second-order valence-electron chi connectivity index (χ2n) is 9.46. The first-order valence-electron chi connectivity index (χ1n) is 11.6. The van der Waals surface area contributed by atoms with Crippen LogP contribution in [0.4, 0.5) is 4.79 Å². The molecule has 0 radical (unpaired) electrons. The van der Waals surface area contributed by atoms with E-state index in [1.165, 1.54) is 9.21 Å². The molecule has 3 fully saturated rings. The van der Waals surface area contributed by atoms with Crippen molar-refractivity contribution in [2.24, 2.45) is 5.92 Å². The van der Waals surface area contributed by atoms with Crippen molar-refractivity contribution in [1.29, 1.82) is 0 Å². The van der Waals surface area contributed by atoms with Gasteiger partial charge in [-0.1, -0.05) is 26.0 Å². The largest absolute Gasteiger partial charge is 0.338 e. The molecule has 0 spiro atoms. The zero-order valence-electron chi connectivity index (χ0n) is 19.4. The van der Waals surface area contributed by atoms with Gasteiger partial charge in [-0.3, -0.25) is 14.5 Å². The minimum absolute atomic E-state index is 0.127. The summed E-state index contributed by atoms with van der Waals surface area (Å²) in [7, 11) is -3.65. The number of carbonyl (C=O) groups is 3. The van der Waals surface area contributed by atoms with E-state index in [2.05, 4.69) is 19.2 Å². The van der Waals surface area contributed by atoms with E-state index < -0.39 is 21.6 Å². The Balaban J connectivity index is 1.35. The fourth-order valence-corrected chi connectivity index (χ4v) is 5.99. The number of hydrogen-bond donors (Lipinski definition) is 1. The standard InChI is InChI=1S/C23H32N4O5S/c1-4-16(2)17-5-9-19(10-6-17)33(31,32)26-13-11-25(12-14-26)20(28)15-27-21(29)23(3,18-7-8-18)24-22(27)30/h5-6,9-10,16,18H,4,7-8,11-15H2,1-3H3,(H,24,30)/t16-,23+/m0/s1. The fraction of sp³-hybridized carbons (Fsp3) is 0.609. The molecule has 2 aliphatic heterocycles. The predicted octanol–water partition coefficient (Wildman–Crippen LogP) is 1.75. The molecule has 2 heterocycles. The lowest BCUT2D eigenvalue weighted by atomic mass is 9.96. The number of benzene rings is 1. The van der Waals surface area contributed by atoms with Crippen LogP contribution in [0.25, 0.3) is 0 Å². The first-order chi connectivity index (χ1) is 15.6. The summed E-state index contributed by atoms with van der Waals surface area (Å²) < 4.78 is 27.5. The molecule has 1 aromatic rings. The van der Waals surface area contributed by atoms with E-state index in [1.807, 2.05) is 12.1 Å². The third kappa shape index (κ3) is 4.38. The van der Waals surface area contributed by atoms with Crippen LogP contribution in [0.1, 0.15) is 51.5 Å². The number of piperazine rings is 1. The summed E-state index contributed by atoms with van der Waals surface area (Å²) in [5, 5.41) is 2.74. The van der Waals surface area contributed by atoms with Crippen molar-refractivity contribution in [3.8, 4) is 0 Å². The zero-order valence-corrected chi connectivity index (χ0v) is 20.2. The van der Waals surface area contributed by atoms with Gasteiger partial charge in [-0.15, -0.1) is 0 Å². The highest BCUT2D eigenvalue weighted by Crippen LogP contribution is 2.42. The van der Waals surface area contributed by atoms with Crippen LogP contribution in [-0.2, 0) is 19.6 Å². The Bertz CT molecular complexity index is 1050. The highest BCUT2D eigenvalue weighted by Gasteiger charge is 2.56. The van der Waals surface area contributed by atoms with Crippen molar-refractivity contribution in [2.45, 2.75) is 56.4 Å². The summed E-state index contributed by atoms with van der Waals surface area (Å²) in [6.45, 7) is 6.35. The average molecular weight is 477 g/mol. The smallest absolute Gasteiger partial charge is 0.325 e. The first-order valence-corrected chi connectivity index (χ1v) is 13.0. The minimum atomic E-state index is -3.65. The van der Waals surface area contributed by atoms with Crippen LogP contribution in [0.15, 0.2) is 29.2 Å². The van der Waals surface area contributed by atoms with Crippen LogP contribution in [0.3, 0.4) is 0 Å². The van der Waals surface area contributed by atoms with Crippen LogP contribution < -0.4 is 5.32 Å². The molecule has 1 aromatic carbocycles. The van der Waals surface area contributed by atoms with Crippen molar-refractivity contribution < 1.29 is 22.8 Å². The van der Waals surface area contributed by atoms with Crippen molar-refractivity contribution >= 4 is 27.9 Å². The van der Waals surface area contributed by atoms with E-state index in [0.29, 0.717) is 5.92 Å². The van der Waals surface area contributed by atoms with Gasteiger partial charge in [0, 0.05) is 26.2 Å². The van der Waals surface area contributed by atoms with E-state index in [-0.39, 0.29) is 55.4 Å². The Hall–Kier alpha value is -2.46. The van der Waals surface area contributed by atoms with Crippen molar-refractivity contribution in [2.75, 3.05) is 32.7 Å². The molecule has 33 heavy (non-hydrogen) atoms.